The van der Waals surface area contributed by atoms with Crippen molar-refractivity contribution in [1.82, 2.24) is 4.90 Å². The van der Waals surface area contributed by atoms with Crippen molar-refractivity contribution in [3.05, 3.63) is 59.7 Å². The van der Waals surface area contributed by atoms with Crippen LogP contribution in [0, 0.1) is 5.92 Å². The number of carbonyl (C=O) groups excluding carboxylic acids is 1. The number of hydrogen-bond donors (Lipinski definition) is 1. The molecule has 0 radical (unpaired) electrons. The summed E-state index contributed by atoms with van der Waals surface area (Å²) in [6.07, 6.45) is 7.76. The van der Waals surface area contributed by atoms with Gasteiger partial charge in [0.05, 0.1) is 33.0 Å². The molecule has 3 atom stereocenters. The minimum Gasteiger partial charge on any atom is -0.497 e. The lowest BCUT2D eigenvalue weighted by atomic mass is 9.66. The molecule has 1 aliphatic carbocycles. The van der Waals surface area contributed by atoms with Crippen molar-refractivity contribution in [3.63, 3.8) is 0 Å². The van der Waals surface area contributed by atoms with Gasteiger partial charge in [0.2, 0.25) is 5.91 Å². The summed E-state index contributed by atoms with van der Waals surface area (Å²) in [5, 5.41) is 11.5. The van der Waals surface area contributed by atoms with E-state index in [1.165, 1.54) is 0 Å². The summed E-state index contributed by atoms with van der Waals surface area (Å²) in [6, 6.07) is 13.0. The van der Waals surface area contributed by atoms with Crippen LogP contribution in [0.4, 0.5) is 0 Å². The Hall–Kier alpha value is -2.99. The van der Waals surface area contributed by atoms with E-state index in [2.05, 4.69) is 0 Å². The first kappa shape index (κ1) is 23.2. The van der Waals surface area contributed by atoms with Gasteiger partial charge in [0.25, 0.3) is 0 Å². The van der Waals surface area contributed by atoms with Crippen molar-refractivity contribution in [2.75, 3.05) is 27.9 Å². The number of rotatable bonds is 6. The van der Waals surface area contributed by atoms with Gasteiger partial charge in [-0.25, -0.2) is 0 Å². The second-order valence-electron chi connectivity index (χ2n) is 8.90. The minimum absolute atomic E-state index is 0.0411. The van der Waals surface area contributed by atoms with Crippen LogP contribution in [-0.4, -0.2) is 49.4 Å². The maximum atomic E-state index is 13.4. The standard InChI is InChI=1S/C27H33NO5/c1-31-20-10-7-19(8-11-20)9-14-25(29)28-17-16-27(30)15-5-4-6-23(27)26(28)22-13-12-21(32-2)18-24(22)33-3/h7-14,18,23,26,30H,4-6,15-17H2,1-3H3/b14-9+/t23-,26+,27-/m1/s1. The van der Waals surface area contributed by atoms with E-state index in [0.29, 0.717) is 24.5 Å². The number of aliphatic hydroxyl groups is 1. The van der Waals surface area contributed by atoms with E-state index < -0.39 is 5.60 Å². The highest BCUT2D eigenvalue weighted by molar-refractivity contribution is 5.92. The first-order valence-electron chi connectivity index (χ1n) is 11.6. The van der Waals surface area contributed by atoms with Crippen LogP contribution < -0.4 is 14.2 Å². The fourth-order valence-electron chi connectivity index (χ4n) is 5.35. The number of carbonyl (C=O) groups is 1. The first-order valence-corrected chi connectivity index (χ1v) is 11.6. The van der Waals surface area contributed by atoms with E-state index >= 15 is 0 Å². The van der Waals surface area contributed by atoms with Crippen LogP contribution in [0.15, 0.2) is 48.5 Å². The third-order valence-electron chi connectivity index (χ3n) is 7.14. The summed E-state index contributed by atoms with van der Waals surface area (Å²) in [6.45, 7) is 0.499. The molecule has 6 nitrogen and oxygen atoms in total. The molecular weight excluding hydrogens is 418 g/mol. The molecule has 2 aromatic carbocycles. The molecule has 1 heterocycles. The Morgan fingerprint density at radius 1 is 1.00 bits per heavy atom. The van der Waals surface area contributed by atoms with Crippen LogP contribution in [0.1, 0.15) is 49.3 Å². The number of amides is 1. The van der Waals surface area contributed by atoms with Crippen molar-refractivity contribution < 1.29 is 24.1 Å². The minimum atomic E-state index is -0.760. The molecule has 1 aliphatic heterocycles. The Bertz CT molecular complexity index is 1000. The lowest BCUT2D eigenvalue weighted by Gasteiger charge is -2.52. The Morgan fingerprint density at radius 3 is 2.42 bits per heavy atom. The van der Waals surface area contributed by atoms with E-state index in [1.54, 1.807) is 27.4 Å². The zero-order valence-electron chi connectivity index (χ0n) is 19.6. The summed E-state index contributed by atoms with van der Waals surface area (Å²) >= 11 is 0. The van der Waals surface area contributed by atoms with Crippen LogP contribution in [-0.2, 0) is 4.79 Å². The lowest BCUT2D eigenvalue weighted by molar-refractivity contribution is -0.151. The summed E-state index contributed by atoms with van der Waals surface area (Å²) in [5.41, 5.74) is 1.08. The van der Waals surface area contributed by atoms with E-state index in [0.717, 1.165) is 42.6 Å². The molecule has 33 heavy (non-hydrogen) atoms. The largest absolute Gasteiger partial charge is 0.497 e. The smallest absolute Gasteiger partial charge is 0.247 e. The van der Waals surface area contributed by atoms with E-state index in [1.807, 2.05) is 53.4 Å². The van der Waals surface area contributed by atoms with Crippen LogP contribution in [0.3, 0.4) is 0 Å². The van der Waals surface area contributed by atoms with Gasteiger partial charge in [-0.3, -0.25) is 4.79 Å². The molecule has 1 N–H and O–H groups in total. The van der Waals surface area contributed by atoms with Gasteiger partial charge in [0, 0.05) is 30.2 Å². The number of ether oxygens (including phenoxy) is 3. The van der Waals surface area contributed by atoms with E-state index in [-0.39, 0.29) is 17.9 Å². The van der Waals surface area contributed by atoms with Crippen molar-refractivity contribution in [2.24, 2.45) is 5.92 Å². The van der Waals surface area contributed by atoms with Gasteiger partial charge in [-0.1, -0.05) is 25.0 Å². The zero-order chi connectivity index (χ0) is 23.4. The predicted molar refractivity (Wildman–Crippen MR) is 128 cm³/mol. The topological polar surface area (TPSA) is 68.2 Å². The van der Waals surface area contributed by atoms with Crippen LogP contribution >= 0.6 is 0 Å². The number of likely N-dealkylation sites (tertiary alicyclic amines) is 1. The molecule has 0 unspecified atom stereocenters. The molecular formula is C27H33NO5. The number of benzene rings is 2. The molecule has 1 saturated heterocycles. The zero-order valence-corrected chi connectivity index (χ0v) is 19.6. The number of nitrogens with zero attached hydrogens (tertiary/aromatic N) is 1. The van der Waals surface area contributed by atoms with Gasteiger partial charge in [-0.2, -0.15) is 0 Å². The monoisotopic (exact) mass is 451 g/mol. The molecule has 2 fully saturated rings. The molecule has 0 spiro atoms. The molecule has 176 valence electrons. The molecule has 6 heteroatoms. The normalized spacial score (nSPS) is 24.9. The summed E-state index contributed by atoms with van der Waals surface area (Å²) in [4.78, 5) is 15.3. The van der Waals surface area contributed by atoms with Crippen LogP contribution in [0.25, 0.3) is 6.08 Å². The highest BCUT2D eigenvalue weighted by atomic mass is 16.5. The molecule has 0 aromatic heterocycles. The van der Waals surface area contributed by atoms with Gasteiger partial charge in [-0.15, -0.1) is 0 Å². The molecule has 4 rings (SSSR count). The number of methoxy groups -OCH3 is 3. The maximum absolute atomic E-state index is 13.4. The van der Waals surface area contributed by atoms with Gasteiger partial charge in [0.1, 0.15) is 17.2 Å². The molecule has 1 saturated carbocycles. The predicted octanol–water partition coefficient (Wildman–Crippen LogP) is 4.62. The fourth-order valence-corrected chi connectivity index (χ4v) is 5.35. The number of piperidine rings is 1. The van der Waals surface area contributed by atoms with Gasteiger partial charge < -0.3 is 24.2 Å². The van der Waals surface area contributed by atoms with Crippen molar-refractivity contribution in [2.45, 2.75) is 43.7 Å². The Balaban J connectivity index is 1.68. The van der Waals surface area contributed by atoms with Gasteiger partial charge in [0.15, 0.2) is 0 Å². The van der Waals surface area contributed by atoms with Crippen molar-refractivity contribution in [1.29, 1.82) is 0 Å². The average Bonchev–Trinajstić information content (AvgIpc) is 2.86. The van der Waals surface area contributed by atoms with Gasteiger partial charge >= 0.3 is 0 Å². The lowest BCUT2D eigenvalue weighted by Crippen LogP contribution is -2.56. The third kappa shape index (κ3) is 4.71. The Morgan fingerprint density at radius 2 is 1.73 bits per heavy atom. The number of hydrogen-bond acceptors (Lipinski definition) is 5. The molecule has 2 aromatic rings. The summed E-state index contributed by atoms with van der Waals surface area (Å²) < 4.78 is 16.3. The second-order valence-corrected chi connectivity index (χ2v) is 8.90. The average molecular weight is 452 g/mol. The highest BCUT2D eigenvalue weighted by Crippen LogP contribution is 2.51. The quantitative estimate of drug-likeness (QED) is 0.649. The van der Waals surface area contributed by atoms with Crippen molar-refractivity contribution in [3.8, 4) is 17.2 Å². The second kappa shape index (κ2) is 9.87. The molecule has 1 amide bonds. The third-order valence-corrected chi connectivity index (χ3v) is 7.14. The first-order chi connectivity index (χ1) is 16.0. The van der Waals surface area contributed by atoms with Gasteiger partial charge in [-0.05, 0) is 55.2 Å². The van der Waals surface area contributed by atoms with Crippen molar-refractivity contribution >= 4 is 12.0 Å². The SMILES string of the molecule is COc1ccc(/C=C/C(=O)N2CC[C@]3(O)CCCC[C@@H]3[C@@H]2c2ccc(OC)cc2OC)cc1. The van der Waals surface area contributed by atoms with Crippen LogP contribution in [0.2, 0.25) is 0 Å². The Labute approximate surface area is 195 Å². The highest BCUT2D eigenvalue weighted by Gasteiger charge is 2.50. The number of fused-ring (bicyclic) bond motifs is 1. The maximum Gasteiger partial charge on any atom is 0.247 e. The Kier molecular flexibility index (Phi) is 6.94. The van der Waals surface area contributed by atoms with E-state index in [9.17, 15) is 9.90 Å². The summed E-state index contributed by atoms with van der Waals surface area (Å²) in [7, 11) is 4.88. The summed E-state index contributed by atoms with van der Waals surface area (Å²) in [5.74, 6) is 2.04. The van der Waals surface area contributed by atoms with E-state index in [4.69, 9.17) is 14.2 Å². The molecule has 0 bridgehead atoms. The van der Waals surface area contributed by atoms with Crippen LogP contribution in [0.5, 0.6) is 17.2 Å². The fraction of sp³-hybridized carbons (Fsp3) is 0.444. The molecule has 2 aliphatic rings.